The van der Waals surface area contributed by atoms with Crippen molar-refractivity contribution < 1.29 is 9.59 Å². The maximum absolute atomic E-state index is 13.1. The Morgan fingerprint density at radius 2 is 1.59 bits per heavy atom. The molecule has 2 amide bonds. The van der Waals surface area contributed by atoms with E-state index in [0.717, 1.165) is 32.5 Å². The molecule has 2 aliphatic rings. The molecule has 0 N–H and O–H groups in total. The van der Waals surface area contributed by atoms with Gasteiger partial charge in [-0.25, -0.2) is 0 Å². The molecule has 1 saturated heterocycles. The SMILES string of the molecule is O=C1C(Cl)=C(c2ccc(Cl)cc2Cl)C(=O)N1C1CCN(Cc2ccccc2)CC1. The van der Waals surface area contributed by atoms with Crippen LogP contribution in [0.3, 0.4) is 0 Å². The van der Waals surface area contributed by atoms with Gasteiger partial charge in [-0.3, -0.25) is 19.4 Å². The highest BCUT2D eigenvalue weighted by molar-refractivity contribution is 6.55. The summed E-state index contributed by atoms with van der Waals surface area (Å²) in [5, 5.41) is 0.673. The molecule has 150 valence electrons. The Morgan fingerprint density at radius 1 is 0.897 bits per heavy atom. The summed E-state index contributed by atoms with van der Waals surface area (Å²) in [6.45, 7) is 2.48. The van der Waals surface area contributed by atoms with E-state index in [1.165, 1.54) is 16.5 Å². The van der Waals surface area contributed by atoms with Gasteiger partial charge in [0.05, 0.1) is 10.6 Å². The zero-order valence-electron chi connectivity index (χ0n) is 15.6. The molecule has 0 bridgehead atoms. The molecular weight excluding hydrogens is 431 g/mol. The average Bonchev–Trinajstić information content (AvgIpc) is 2.93. The maximum Gasteiger partial charge on any atom is 0.273 e. The third-order valence-electron chi connectivity index (χ3n) is 5.43. The zero-order chi connectivity index (χ0) is 20.5. The van der Waals surface area contributed by atoms with Crippen LogP contribution < -0.4 is 0 Å². The Bertz CT molecular complexity index is 983. The fraction of sp³-hybridized carbons (Fsp3) is 0.273. The number of nitrogens with zero attached hydrogens (tertiary/aromatic N) is 2. The summed E-state index contributed by atoms with van der Waals surface area (Å²) in [5.41, 5.74) is 1.84. The van der Waals surface area contributed by atoms with Crippen LogP contribution >= 0.6 is 34.8 Å². The molecule has 2 aliphatic heterocycles. The molecule has 4 rings (SSSR count). The Balaban J connectivity index is 1.47. The Labute approximate surface area is 184 Å². The van der Waals surface area contributed by atoms with Gasteiger partial charge in [0.25, 0.3) is 11.8 Å². The van der Waals surface area contributed by atoms with Crippen LogP contribution in [0.4, 0.5) is 0 Å². The van der Waals surface area contributed by atoms with Crippen molar-refractivity contribution in [1.82, 2.24) is 9.80 Å². The van der Waals surface area contributed by atoms with Crippen molar-refractivity contribution in [2.24, 2.45) is 0 Å². The normalized spacial score (nSPS) is 18.8. The molecule has 2 aromatic rings. The number of carbonyl (C=O) groups is 2. The van der Waals surface area contributed by atoms with E-state index in [1.54, 1.807) is 12.1 Å². The van der Waals surface area contributed by atoms with E-state index in [-0.39, 0.29) is 22.6 Å². The van der Waals surface area contributed by atoms with Gasteiger partial charge in [-0.05, 0) is 30.5 Å². The van der Waals surface area contributed by atoms with Crippen molar-refractivity contribution in [3.05, 3.63) is 74.7 Å². The van der Waals surface area contributed by atoms with Gasteiger partial charge in [0, 0.05) is 36.3 Å². The van der Waals surface area contributed by atoms with Crippen LogP contribution in [0, 0.1) is 0 Å². The van der Waals surface area contributed by atoms with Crippen molar-refractivity contribution >= 4 is 52.2 Å². The molecular formula is C22H19Cl3N2O2. The van der Waals surface area contributed by atoms with Gasteiger partial charge in [-0.1, -0.05) is 71.2 Å². The van der Waals surface area contributed by atoms with Crippen LogP contribution in [-0.2, 0) is 16.1 Å². The van der Waals surface area contributed by atoms with Crippen molar-refractivity contribution in [2.75, 3.05) is 13.1 Å². The number of hydrogen-bond donors (Lipinski definition) is 0. The summed E-state index contributed by atoms with van der Waals surface area (Å²) >= 11 is 18.5. The summed E-state index contributed by atoms with van der Waals surface area (Å²) in [7, 11) is 0. The summed E-state index contributed by atoms with van der Waals surface area (Å²) in [6, 6.07) is 14.9. The number of likely N-dealkylation sites (tertiary alicyclic amines) is 1. The van der Waals surface area contributed by atoms with Gasteiger partial charge in [-0.2, -0.15) is 0 Å². The largest absolute Gasteiger partial charge is 0.299 e. The van der Waals surface area contributed by atoms with Gasteiger partial charge >= 0.3 is 0 Å². The third kappa shape index (κ3) is 4.08. The standard InChI is InChI=1S/C22H19Cl3N2O2/c23-15-6-7-17(18(24)12-15)19-20(25)22(29)27(21(19)28)16-8-10-26(11-9-16)13-14-4-2-1-3-5-14/h1-7,12,16H,8-11,13H2. The first-order valence-electron chi connectivity index (χ1n) is 9.45. The van der Waals surface area contributed by atoms with Gasteiger partial charge in [0.15, 0.2) is 0 Å². The fourth-order valence-corrected chi connectivity index (χ4v) is 4.73. The lowest BCUT2D eigenvalue weighted by Gasteiger charge is -2.36. The fourth-order valence-electron chi connectivity index (χ4n) is 3.95. The number of carbonyl (C=O) groups excluding carboxylic acids is 2. The number of rotatable bonds is 4. The monoisotopic (exact) mass is 448 g/mol. The molecule has 0 atom stereocenters. The molecule has 7 heteroatoms. The minimum absolute atomic E-state index is 0.0778. The van der Waals surface area contributed by atoms with E-state index in [9.17, 15) is 9.59 Å². The predicted octanol–water partition coefficient (Wildman–Crippen LogP) is 4.98. The molecule has 2 heterocycles. The van der Waals surface area contributed by atoms with Crippen LogP contribution in [0.25, 0.3) is 5.57 Å². The first-order chi connectivity index (χ1) is 14.0. The minimum Gasteiger partial charge on any atom is -0.299 e. The van der Waals surface area contributed by atoms with E-state index < -0.39 is 5.91 Å². The van der Waals surface area contributed by atoms with E-state index >= 15 is 0 Å². The summed E-state index contributed by atoms with van der Waals surface area (Å²) < 4.78 is 0. The van der Waals surface area contributed by atoms with Crippen LogP contribution in [0.2, 0.25) is 10.0 Å². The lowest BCUT2D eigenvalue weighted by molar-refractivity contribution is -0.140. The first kappa shape index (κ1) is 20.4. The number of halogens is 3. The molecule has 0 aliphatic carbocycles. The highest BCUT2D eigenvalue weighted by atomic mass is 35.5. The number of hydrogen-bond acceptors (Lipinski definition) is 3. The Hall–Kier alpha value is -1.85. The van der Waals surface area contributed by atoms with Crippen molar-refractivity contribution in [2.45, 2.75) is 25.4 Å². The number of amides is 2. The molecule has 0 spiro atoms. The molecule has 2 aromatic carbocycles. The van der Waals surface area contributed by atoms with Crippen LogP contribution in [0.15, 0.2) is 53.6 Å². The zero-order valence-corrected chi connectivity index (χ0v) is 17.8. The number of piperidine rings is 1. The minimum atomic E-state index is -0.445. The van der Waals surface area contributed by atoms with Crippen LogP contribution in [-0.4, -0.2) is 40.7 Å². The second kappa shape index (κ2) is 8.49. The summed E-state index contributed by atoms with van der Waals surface area (Å²) in [6.07, 6.45) is 1.44. The smallest absolute Gasteiger partial charge is 0.273 e. The number of benzene rings is 2. The van der Waals surface area contributed by atoms with Crippen molar-refractivity contribution in [1.29, 1.82) is 0 Å². The molecule has 29 heavy (non-hydrogen) atoms. The van der Waals surface area contributed by atoms with E-state index in [4.69, 9.17) is 34.8 Å². The van der Waals surface area contributed by atoms with Crippen molar-refractivity contribution in [3.63, 3.8) is 0 Å². The molecule has 0 radical (unpaired) electrons. The molecule has 0 aromatic heterocycles. The molecule has 0 saturated carbocycles. The van der Waals surface area contributed by atoms with Gasteiger partial charge in [0.2, 0.25) is 0 Å². The Kier molecular flexibility index (Phi) is 5.98. The quantitative estimate of drug-likeness (QED) is 0.618. The van der Waals surface area contributed by atoms with E-state index in [2.05, 4.69) is 17.0 Å². The second-order valence-electron chi connectivity index (χ2n) is 7.29. The van der Waals surface area contributed by atoms with Crippen LogP contribution in [0.1, 0.15) is 24.0 Å². The number of imide groups is 1. The van der Waals surface area contributed by atoms with Gasteiger partial charge < -0.3 is 0 Å². The lowest BCUT2D eigenvalue weighted by atomic mass is 10.0. The molecule has 4 nitrogen and oxygen atoms in total. The third-order valence-corrected chi connectivity index (χ3v) is 6.33. The topological polar surface area (TPSA) is 40.6 Å². The lowest BCUT2D eigenvalue weighted by Crippen LogP contribution is -2.47. The average molecular weight is 450 g/mol. The highest BCUT2D eigenvalue weighted by Gasteiger charge is 2.43. The van der Waals surface area contributed by atoms with Crippen LogP contribution in [0.5, 0.6) is 0 Å². The predicted molar refractivity (Wildman–Crippen MR) is 116 cm³/mol. The van der Waals surface area contributed by atoms with E-state index in [0.29, 0.717) is 15.6 Å². The second-order valence-corrected chi connectivity index (χ2v) is 8.51. The molecule has 0 unspecified atom stereocenters. The highest BCUT2D eigenvalue weighted by Crippen LogP contribution is 2.38. The van der Waals surface area contributed by atoms with Gasteiger partial charge in [-0.15, -0.1) is 0 Å². The van der Waals surface area contributed by atoms with Crippen molar-refractivity contribution in [3.8, 4) is 0 Å². The molecule has 1 fully saturated rings. The summed E-state index contributed by atoms with van der Waals surface area (Å²) in [5.74, 6) is -0.829. The Morgan fingerprint density at radius 3 is 2.24 bits per heavy atom. The summed E-state index contributed by atoms with van der Waals surface area (Å²) in [4.78, 5) is 29.5. The maximum atomic E-state index is 13.1. The first-order valence-corrected chi connectivity index (χ1v) is 10.6. The van der Waals surface area contributed by atoms with Gasteiger partial charge in [0.1, 0.15) is 5.03 Å². The van der Waals surface area contributed by atoms with E-state index in [1.807, 2.05) is 18.2 Å².